The molecule has 0 saturated carbocycles. The minimum absolute atomic E-state index is 0.103. The summed E-state index contributed by atoms with van der Waals surface area (Å²) in [5.74, 6) is -1.49. The molecule has 22 heavy (non-hydrogen) atoms. The summed E-state index contributed by atoms with van der Waals surface area (Å²) in [6.45, 7) is 2.41. The van der Waals surface area contributed by atoms with Crippen molar-refractivity contribution in [2.24, 2.45) is 0 Å². The molecule has 0 bridgehead atoms. The lowest BCUT2D eigenvalue weighted by molar-refractivity contribution is -0.139. The zero-order valence-electron chi connectivity index (χ0n) is 12.2. The summed E-state index contributed by atoms with van der Waals surface area (Å²) < 4.78 is 0. The normalized spacial score (nSPS) is 17.1. The summed E-state index contributed by atoms with van der Waals surface area (Å²) in [6, 6.07) is 7.24. The Morgan fingerprint density at radius 2 is 2.18 bits per heavy atom. The number of hydrogen-bond acceptors (Lipinski definition) is 4. The molecule has 1 aromatic carbocycles. The van der Waals surface area contributed by atoms with E-state index in [4.69, 9.17) is 0 Å². The number of aromatic nitrogens is 1. The first-order chi connectivity index (χ1) is 10.6. The topological polar surface area (TPSA) is 70.5 Å². The molecule has 1 aliphatic rings. The highest BCUT2D eigenvalue weighted by Crippen LogP contribution is 2.36. The Hall–Kier alpha value is -2.21. The van der Waals surface area contributed by atoms with Crippen molar-refractivity contribution in [2.45, 2.75) is 25.7 Å². The molecule has 1 N–H and O–H groups in total. The van der Waals surface area contributed by atoms with E-state index in [1.54, 1.807) is 17.2 Å². The molecule has 114 valence electrons. The van der Waals surface area contributed by atoms with Crippen molar-refractivity contribution in [3.63, 3.8) is 0 Å². The predicted molar refractivity (Wildman–Crippen MR) is 84.6 cm³/mol. The van der Waals surface area contributed by atoms with Gasteiger partial charge in [-0.15, -0.1) is 11.3 Å². The van der Waals surface area contributed by atoms with Crippen molar-refractivity contribution in [2.75, 3.05) is 11.4 Å². The van der Waals surface area contributed by atoms with Gasteiger partial charge in [0.05, 0.1) is 17.1 Å². The highest BCUT2D eigenvalue weighted by molar-refractivity contribution is 7.13. The van der Waals surface area contributed by atoms with Gasteiger partial charge in [-0.3, -0.25) is 9.59 Å². The van der Waals surface area contributed by atoms with Gasteiger partial charge in [0, 0.05) is 12.2 Å². The Morgan fingerprint density at radius 1 is 1.41 bits per heavy atom. The van der Waals surface area contributed by atoms with Crippen molar-refractivity contribution in [1.82, 2.24) is 4.98 Å². The molecular weight excluding hydrogens is 300 g/mol. The Morgan fingerprint density at radius 3 is 2.86 bits per heavy atom. The summed E-state index contributed by atoms with van der Waals surface area (Å²) in [4.78, 5) is 30.6. The van der Waals surface area contributed by atoms with Crippen molar-refractivity contribution >= 4 is 28.9 Å². The molecule has 0 fully saturated rings. The number of aryl methyl sites for hydroxylation is 1. The van der Waals surface area contributed by atoms with E-state index >= 15 is 0 Å². The molecule has 1 aliphatic heterocycles. The van der Waals surface area contributed by atoms with Crippen LogP contribution >= 0.6 is 11.3 Å². The van der Waals surface area contributed by atoms with Crippen molar-refractivity contribution < 1.29 is 14.7 Å². The molecule has 1 unspecified atom stereocenters. The van der Waals surface area contributed by atoms with Crippen molar-refractivity contribution in [3.05, 3.63) is 45.9 Å². The molecule has 1 atom stereocenters. The number of para-hydroxylation sites is 1. The standard InChI is InChI=1S/C16H16N2O3S/c1-2-14-17-9-13(22-14)15(19)18-8-7-11(16(20)21)10-5-3-4-6-12(10)18/h3-6,9,11H,2,7-8H2,1H3,(H,20,21). The van der Waals surface area contributed by atoms with Gasteiger partial charge in [-0.25, -0.2) is 4.98 Å². The van der Waals surface area contributed by atoms with Crippen molar-refractivity contribution in [1.29, 1.82) is 0 Å². The Balaban J connectivity index is 1.96. The molecule has 0 radical (unpaired) electrons. The number of fused-ring (bicyclic) bond motifs is 1. The van der Waals surface area contributed by atoms with Crippen LogP contribution in [0, 0.1) is 0 Å². The van der Waals surface area contributed by atoms with Crippen LogP contribution < -0.4 is 4.90 Å². The van der Waals surface area contributed by atoms with Crippen molar-refractivity contribution in [3.8, 4) is 0 Å². The van der Waals surface area contributed by atoms with Gasteiger partial charge in [-0.1, -0.05) is 25.1 Å². The second-order valence-corrected chi connectivity index (χ2v) is 6.28. The minimum Gasteiger partial charge on any atom is -0.481 e. The number of carbonyl (C=O) groups excluding carboxylic acids is 1. The number of anilines is 1. The highest BCUT2D eigenvalue weighted by atomic mass is 32.1. The number of amides is 1. The number of carboxylic acid groups (broad SMARTS) is 1. The monoisotopic (exact) mass is 316 g/mol. The lowest BCUT2D eigenvalue weighted by atomic mass is 9.90. The van der Waals surface area contributed by atoms with Crippen LogP contribution in [0.3, 0.4) is 0 Å². The number of aliphatic carboxylic acids is 1. The fourth-order valence-corrected chi connectivity index (χ4v) is 3.54. The minimum atomic E-state index is -0.842. The Labute approximate surface area is 132 Å². The third kappa shape index (κ3) is 2.50. The van der Waals surface area contributed by atoms with Gasteiger partial charge in [-0.05, 0) is 24.5 Å². The van der Waals surface area contributed by atoms with Crippen LogP contribution in [0.4, 0.5) is 5.69 Å². The first-order valence-electron chi connectivity index (χ1n) is 7.20. The number of rotatable bonds is 3. The van der Waals surface area contributed by atoms with Gasteiger partial charge in [0.15, 0.2) is 0 Å². The quantitative estimate of drug-likeness (QED) is 0.945. The fraction of sp³-hybridized carbons (Fsp3) is 0.312. The number of carboxylic acids is 1. The fourth-order valence-electron chi connectivity index (χ4n) is 2.74. The predicted octanol–water partition coefficient (Wildman–Crippen LogP) is 2.92. The van der Waals surface area contributed by atoms with E-state index < -0.39 is 11.9 Å². The number of thiazole rings is 1. The number of nitrogens with zero attached hydrogens (tertiary/aromatic N) is 2. The van der Waals surface area contributed by atoms with Gasteiger partial charge in [0.2, 0.25) is 0 Å². The zero-order valence-corrected chi connectivity index (χ0v) is 13.0. The largest absolute Gasteiger partial charge is 0.481 e. The van der Waals surface area contributed by atoms with Crippen LogP contribution in [0.2, 0.25) is 0 Å². The van der Waals surface area contributed by atoms with E-state index in [0.29, 0.717) is 29.1 Å². The van der Waals surface area contributed by atoms with Crippen LogP contribution in [-0.4, -0.2) is 28.5 Å². The van der Waals surface area contributed by atoms with E-state index in [0.717, 1.165) is 11.4 Å². The van der Waals surface area contributed by atoms with Crippen LogP contribution in [0.1, 0.15) is 39.5 Å². The second kappa shape index (κ2) is 5.88. The van der Waals surface area contributed by atoms with E-state index in [1.165, 1.54) is 11.3 Å². The molecular formula is C16H16N2O3S. The number of carbonyl (C=O) groups is 2. The van der Waals surface area contributed by atoms with Crippen LogP contribution in [0.25, 0.3) is 0 Å². The van der Waals surface area contributed by atoms with E-state index in [2.05, 4.69) is 4.98 Å². The molecule has 0 aliphatic carbocycles. The lowest BCUT2D eigenvalue weighted by Crippen LogP contribution is -2.37. The lowest BCUT2D eigenvalue weighted by Gasteiger charge is -2.32. The maximum atomic E-state index is 12.7. The van der Waals surface area contributed by atoms with Gasteiger partial charge >= 0.3 is 5.97 Å². The van der Waals surface area contributed by atoms with Gasteiger partial charge in [0.25, 0.3) is 5.91 Å². The third-order valence-electron chi connectivity index (χ3n) is 3.85. The average Bonchev–Trinajstić information content (AvgIpc) is 3.02. The summed E-state index contributed by atoms with van der Waals surface area (Å²) in [6.07, 6.45) is 2.84. The number of hydrogen-bond donors (Lipinski definition) is 1. The molecule has 3 rings (SSSR count). The number of benzene rings is 1. The molecule has 1 amide bonds. The first kappa shape index (κ1) is 14.7. The molecule has 0 saturated heterocycles. The average molecular weight is 316 g/mol. The van der Waals surface area contributed by atoms with E-state index in [9.17, 15) is 14.7 Å². The highest BCUT2D eigenvalue weighted by Gasteiger charge is 2.33. The van der Waals surface area contributed by atoms with Gasteiger partial charge in [-0.2, -0.15) is 0 Å². The molecule has 6 heteroatoms. The molecule has 0 spiro atoms. The Bertz CT molecular complexity index is 726. The smallest absolute Gasteiger partial charge is 0.311 e. The summed E-state index contributed by atoms with van der Waals surface area (Å²) >= 11 is 1.40. The molecule has 2 heterocycles. The van der Waals surface area contributed by atoms with Gasteiger partial charge < -0.3 is 10.0 Å². The molecule has 5 nitrogen and oxygen atoms in total. The maximum Gasteiger partial charge on any atom is 0.311 e. The Kier molecular flexibility index (Phi) is 3.94. The summed E-state index contributed by atoms with van der Waals surface area (Å²) in [5.41, 5.74) is 1.40. The second-order valence-electron chi connectivity index (χ2n) is 5.17. The first-order valence-corrected chi connectivity index (χ1v) is 8.01. The van der Waals surface area contributed by atoms with Crippen LogP contribution in [0.5, 0.6) is 0 Å². The maximum absolute atomic E-state index is 12.7. The van der Waals surface area contributed by atoms with E-state index in [-0.39, 0.29) is 5.91 Å². The molecule has 2 aromatic rings. The molecule has 1 aromatic heterocycles. The zero-order chi connectivity index (χ0) is 15.7. The van der Waals surface area contributed by atoms with Crippen LogP contribution in [-0.2, 0) is 11.2 Å². The summed E-state index contributed by atoms with van der Waals surface area (Å²) in [5, 5.41) is 10.3. The SMILES string of the molecule is CCc1ncc(C(=O)N2CCC(C(=O)O)c3ccccc32)s1. The van der Waals surface area contributed by atoms with E-state index in [1.807, 2.05) is 25.1 Å². The third-order valence-corrected chi connectivity index (χ3v) is 4.98. The van der Waals surface area contributed by atoms with Gasteiger partial charge in [0.1, 0.15) is 4.88 Å². The summed E-state index contributed by atoms with van der Waals surface area (Å²) in [7, 11) is 0. The van der Waals surface area contributed by atoms with Crippen LogP contribution in [0.15, 0.2) is 30.5 Å².